The molecule has 6 nitrogen and oxygen atoms in total. The summed E-state index contributed by atoms with van der Waals surface area (Å²) in [6.07, 6.45) is 1.84. The van der Waals surface area contributed by atoms with Crippen molar-refractivity contribution in [2.24, 2.45) is 0 Å². The van der Waals surface area contributed by atoms with Gasteiger partial charge in [0.15, 0.2) is 0 Å². The molecule has 0 radical (unpaired) electrons. The Labute approximate surface area is 130 Å². The van der Waals surface area contributed by atoms with Crippen molar-refractivity contribution in [1.82, 2.24) is 10.2 Å². The summed E-state index contributed by atoms with van der Waals surface area (Å²) >= 11 is 0. The van der Waals surface area contributed by atoms with Gasteiger partial charge in [0.1, 0.15) is 5.75 Å². The molecule has 6 heteroatoms. The molecule has 2 fully saturated rings. The second-order valence-electron chi connectivity index (χ2n) is 6.11. The van der Waals surface area contributed by atoms with E-state index in [-0.39, 0.29) is 11.9 Å². The lowest BCUT2D eigenvalue weighted by Gasteiger charge is -2.46. The van der Waals surface area contributed by atoms with Gasteiger partial charge in [-0.05, 0) is 38.1 Å². The minimum Gasteiger partial charge on any atom is -0.495 e. The Kier molecular flexibility index (Phi) is 4.22. The van der Waals surface area contributed by atoms with Crippen molar-refractivity contribution in [1.29, 1.82) is 0 Å². The number of carbonyl (C=O) groups is 1. The van der Waals surface area contributed by atoms with Gasteiger partial charge in [-0.25, -0.2) is 0 Å². The molecule has 2 aliphatic rings. The Morgan fingerprint density at radius 1 is 1.36 bits per heavy atom. The molecular weight excluding hydrogens is 282 g/mol. The summed E-state index contributed by atoms with van der Waals surface area (Å²) < 4.78 is 10.8. The van der Waals surface area contributed by atoms with E-state index in [0.717, 1.165) is 26.1 Å². The van der Waals surface area contributed by atoms with Crippen molar-refractivity contribution in [3.63, 3.8) is 0 Å². The SMILES string of the molecule is COc1cc(C(=O)NC2CC3COCC(C2)N3C)ccc1N. The lowest BCUT2D eigenvalue weighted by Crippen LogP contribution is -2.59. The van der Waals surface area contributed by atoms with Crippen molar-refractivity contribution in [3.8, 4) is 5.75 Å². The number of benzene rings is 1. The van der Waals surface area contributed by atoms with Crippen LogP contribution in [0.15, 0.2) is 18.2 Å². The lowest BCUT2D eigenvalue weighted by atomic mass is 9.90. The second-order valence-corrected chi connectivity index (χ2v) is 6.11. The third-order valence-electron chi connectivity index (χ3n) is 4.72. The number of piperidine rings is 1. The Morgan fingerprint density at radius 3 is 2.68 bits per heavy atom. The summed E-state index contributed by atoms with van der Waals surface area (Å²) in [5, 5.41) is 3.14. The third-order valence-corrected chi connectivity index (χ3v) is 4.72. The highest BCUT2D eigenvalue weighted by molar-refractivity contribution is 5.95. The minimum atomic E-state index is -0.0770. The van der Waals surface area contributed by atoms with E-state index >= 15 is 0 Å². The molecule has 2 saturated heterocycles. The van der Waals surface area contributed by atoms with Crippen LogP contribution in [0.3, 0.4) is 0 Å². The highest BCUT2D eigenvalue weighted by Crippen LogP contribution is 2.27. The van der Waals surface area contributed by atoms with Crippen LogP contribution in [0.1, 0.15) is 23.2 Å². The largest absolute Gasteiger partial charge is 0.495 e. The zero-order chi connectivity index (χ0) is 15.7. The zero-order valence-corrected chi connectivity index (χ0v) is 13.0. The number of ether oxygens (including phenoxy) is 2. The van der Waals surface area contributed by atoms with E-state index in [9.17, 15) is 4.79 Å². The first-order chi connectivity index (χ1) is 10.6. The van der Waals surface area contributed by atoms with Gasteiger partial charge in [-0.15, -0.1) is 0 Å². The molecule has 1 aromatic carbocycles. The fraction of sp³-hybridized carbons (Fsp3) is 0.562. The van der Waals surface area contributed by atoms with Gasteiger partial charge in [-0.1, -0.05) is 0 Å². The third kappa shape index (κ3) is 2.89. The second kappa shape index (κ2) is 6.14. The number of hydrogen-bond donors (Lipinski definition) is 2. The van der Waals surface area contributed by atoms with Crippen LogP contribution in [0.4, 0.5) is 5.69 Å². The molecular formula is C16H23N3O3. The van der Waals surface area contributed by atoms with Gasteiger partial charge >= 0.3 is 0 Å². The average molecular weight is 305 g/mol. The predicted molar refractivity (Wildman–Crippen MR) is 84.1 cm³/mol. The Morgan fingerprint density at radius 2 is 2.05 bits per heavy atom. The smallest absolute Gasteiger partial charge is 0.251 e. The minimum absolute atomic E-state index is 0.0770. The molecule has 2 unspecified atom stereocenters. The Balaban J connectivity index is 1.67. The molecule has 1 aromatic rings. The van der Waals surface area contributed by atoms with Crippen LogP contribution in [0.2, 0.25) is 0 Å². The number of likely N-dealkylation sites (N-methyl/N-ethyl adjacent to an activating group) is 1. The van der Waals surface area contributed by atoms with Gasteiger partial charge in [-0.3, -0.25) is 9.69 Å². The van der Waals surface area contributed by atoms with Gasteiger partial charge in [0.2, 0.25) is 0 Å². The summed E-state index contributed by atoms with van der Waals surface area (Å²) in [5.41, 5.74) is 6.89. The highest BCUT2D eigenvalue weighted by atomic mass is 16.5. The normalized spacial score (nSPS) is 28.2. The summed E-state index contributed by atoms with van der Waals surface area (Å²) in [4.78, 5) is 14.8. The van der Waals surface area contributed by atoms with Gasteiger partial charge in [0.25, 0.3) is 5.91 Å². The summed E-state index contributed by atoms with van der Waals surface area (Å²) in [6.45, 7) is 1.49. The van der Waals surface area contributed by atoms with E-state index in [4.69, 9.17) is 15.2 Å². The van der Waals surface area contributed by atoms with Crippen molar-refractivity contribution >= 4 is 11.6 Å². The maximum Gasteiger partial charge on any atom is 0.251 e. The van der Waals surface area contributed by atoms with Crippen LogP contribution in [0.5, 0.6) is 5.75 Å². The molecule has 0 saturated carbocycles. The molecule has 2 bridgehead atoms. The molecule has 0 aromatic heterocycles. The maximum atomic E-state index is 12.4. The molecule has 120 valence electrons. The van der Waals surface area contributed by atoms with Crippen molar-refractivity contribution in [3.05, 3.63) is 23.8 Å². The number of anilines is 1. The van der Waals surface area contributed by atoms with E-state index in [0.29, 0.717) is 29.1 Å². The van der Waals surface area contributed by atoms with Crippen LogP contribution < -0.4 is 15.8 Å². The number of nitrogen functional groups attached to an aromatic ring is 1. The Bertz CT molecular complexity index is 550. The molecule has 3 N–H and O–H groups in total. The van der Waals surface area contributed by atoms with E-state index < -0.39 is 0 Å². The van der Waals surface area contributed by atoms with Crippen molar-refractivity contribution in [2.75, 3.05) is 33.1 Å². The number of carbonyl (C=O) groups excluding carboxylic acids is 1. The molecule has 3 rings (SSSR count). The number of nitrogens with two attached hydrogens (primary N) is 1. The van der Waals surface area contributed by atoms with E-state index in [1.54, 1.807) is 25.3 Å². The highest BCUT2D eigenvalue weighted by Gasteiger charge is 2.37. The van der Waals surface area contributed by atoms with Crippen LogP contribution >= 0.6 is 0 Å². The Hall–Kier alpha value is -1.79. The average Bonchev–Trinajstić information content (AvgIpc) is 2.48. The summed E-state index contributed by atoms with van der Waals surface area (Å²) in [7, 11) is 3.69. The molecule has 0 aliphatic carbocycles. The molecule has 2 atom stereocenters. The van der Waals surface area contributed by atoms with Gasteiger partial charge in [-0.2, -0.15) is 0 Å². The van der Waals surface area contributed by atoms with Crippen molar-refractivity contribution < 1.29 is 14.3 Å². The molecule has 2 aliphatic heterocycles. The fourth-order valence-electron chi connectivity index (χ4n) is 3.33. The summed E-state index contributed by atoms with van der Waals surface area (Å²) in [6, 6.07) is 6.07. The van der Waals surface area contributed by atoms with Gasteiger partial charge in [0, 0.05) is 23.7 Å². The summed E-state index contributed by atoms with van der Waals surface area (Å²) in [5.74, 6) is 0.452. The van der Waals surface area contributed by atoms with Gasteiger partial charge in [0.05, 0.1) is 26.0 Å². The maximum absolute atomic E-state index is 12.4. The predicted octanol–water partition coefficient (Wildman–Crippen LogP) is 0.869. The van der Waals surface area contributed by atoms with Gasteiger partial charge < -0.3 is 20.5 Å². The number of morpholine rings is 1. The van der Waals surface area contributed by atoms with Crippen molar-refractivity contribution in [2.45, 2.75) is 31.0 Å². The number of fused-ring (bicyclic) bond motifs is 2. The first-order valence-electron chi connectivity index (χ1n) is 7.62. The first kappa shape index (κ1) is 15.1. The molecule has 2 heterocycles. The number of methoxy groups -OCH3 is 1. The van der Waals surface area contributed by atoms with Crippen LogP contribution in [0.25, 0.3) is 0 Å². The van der Waals surface area contributed by atoms with E-state index in [1.165, 1.54) is 0 Å². The van der Waals surface area contributed by atoms with Crippen LogP contribution in [0, 0.1) is 0 Å². The number of amides is 1. The van der Waals surface area contributed by atoms with E-state index in [1.807, 2.05) is 0 Å². The molecule has 0 spiro atoms. The standard InChI is InChI=1S/C16H23N3O3/c1-19-12-6-11(7-13(19)9-22-8-12)18-16(20)10-3-4-14(17)15(5-10)21-2/h3-5,11-13H,6-9,17H2,1-2H3,(H,18,20). The first-order valence-corrected chi connectivity index (χ1v) is 7.62. The van der Waals surface area contributed by atoms with E-state index in [2.05, 4.69) is 17.3 Å². The number of hydrogen-bond acceptors (Lipinski definition) is 5. The molecule has 1 amide bonds. The van der Waals surface area contributed by atoms with Crippen LogP contribution in [-0.2, 0) is 4.74 Å². The topological polar surface area (TPSA) is 76.8 Å². The monoisotopic (exact) mass is 305 g/mol. The number of nitrogens with zero attached hydrogens (tertiary/aromatic N) is 1. The zero-order valence-electron chi connectivity index (χ0n) is 13.0. The quantitative estimate of drug-likeness (QED) is 0.810. The lowest BCUT2D eigenvalue weighted by molar-refractivity contribution is -0.0670. The fourth-order valence-corrected chi connectivity index (χ4v) is 3.33. The molecule has 22 heavy (non-hydrogen) atoms. The number of nitrogens with one attached hydrogen (secondary N) is 1. The number of rotatable bonds is 3. The van der Waals surface area contributed by atoms with Crippen LogP contribution in [-0.4, -0.2) is 56.3 Å².